The average Bonchev–Trinajstić information content (AvgIpc) is 3.38. The average molecular weight is 416 g/mol. The Morgan fingerprint density at radius 1 is 0.867 bits per heavy atom. The molecule has 1 aliphatic heterocycles. The number of nitrogens with zero attached hydrogens (tertiary/aromatic N) is 1. The zero-order valence-electron chi connectivity index (χ0n) is 18.2. The molecule has 6 fully saturated rings. The van der Waals surface area contributed by atoms with Crippen LogP contribution in [0.2, 0.25) is 0 Å². The number of rotatable bonds is 6. The summed E-state index contributed by atoms with van der Waals surface area (Å²) in [6.07, 6.45) is 13.6. The molecule has 6 heteroatoms. The summed E-state index contributed by atoms with van der Waals surface area (Å²) < 4.78 is 0. The topological polar surface area (TPSA) is 78.5 Å². The van der Waals surface area contributed by atoms with Crippen LogP contribution in [0.1, 0.15) is 83.5 Å². The molecular formula is C24H37N3O3. The minimum absolute atomic E-state index is 0.0233. The van der Waals surface area contributed by atoms with Crippen molar-refractivity contribution in [3.8, 4) is 0 Å². The van der Waals surface area contributed by atoms with E-state index in [1.54, 1.807) is 0 Å². The molecule has 0 aromatic carbocycles. The second-order valence-corrected chi connectivity index (χ2v) is 10.9. The first-order chi connectivity index (χ1) is 14.5. The van der Waals surface area contributed by atoms with E-state index in [1.165, 1.54) is 32.1 Å². The Hall–Kier alpha value is -1.59. The van der Waals surface area contributed by atoms with Crippen LogP contribution in [0.5, 0.6) is 0 Å². The van der Waals surface area contributed by atoms with Gasteiger partial charge in [-0.3, -0.25) is 14.4 Å². The minimum Gasteiger partial charge on any atom is -0.354 e. The molecule has 0 aromatic rings. The summed E-state index contributed by atoms with van der Waals surface area (Å²) in [5.74, 6) is 2.41. The Morgan fingerprint density at radius 2 is 1.50 bits per heavy atom. The van der Waals surface area contributed by atoms with Crippen LogP contribution in [0, 0.1) is 23.2 Å². The SMILES string of the molecule is O=C(CCNC(=O)C1CCCN1C(=O)C12CC3CC(CC(C3)C1)C2)NC1CCCC1. The highest BCUT2D eigenvalue weighted by molar-refractivity contribution is 5.91. The molecule has 166 valence electrons. The molecule has 6 rings (SSSR count). The molecule has 1 heterocycles. The number of carbonyl (C=O) groups is 3. The first-order valence-electron chi connectivity index (χ1n) is 12.4. The van der Waals surface area contributed by atoms with E-state index >= 15 is 0 Å². The fraction of sp³-hybridized carbons (Fsp3) is 0.875. The van der Waals surface area contributed by atoms with Crippen LogP contribution in [0.15, 0.2) is 0 Å². The van der Waals surface area contributed by atoms with E-state index in [9.17, 15) is 14.4 Å². The second-order valence-electron chi connectivity index (χ2n) is 10.9. The van der Waals surface area contributed by atoms with Crippen LogP contribution in [-0.4, -0.2) is 47.8 Å². The van der Waals surface area contributed by atoms with Crippen molar-refractivity contribution in [2.24, 2.45) is 23.2 Å². The summed E-state index contributed by atoms with van der Waals surface area (Å²) in [5, 5.41) is 6.01. The van der Waals surface area contributed by atoms with Gasteiger partial charge in [-0.25, -0.2) is 0 Å². The zero-order chi connectivity index (χ0) is 20.7. The standard InChI is InChI=1S/C24H37N3O3/c28-21(26-19-4-1-2-5-19)7-8-25-22(29)20-6-3-9-27(20)23(30)24-13-16-10-17(14-24)12-18(11-16)15-24/h16-20H,1-15H2,(H,25,29)(H,26,28). The monoisotopic (exact) mass is 415 g/mol. The molecule has 0 spiro atoms. The quantitative estimate of drug-likeness (QED) is 0.700. The first kappa shape index (κ1) is 20.3. The van der Waals surface area contributed by atoms with Crippen LogP contribution >= 0.6 is 0 Å². The van der Waals surface area contributed by atoms with Gasteiger partial charge in [-0.1, -0.05) is 12.8 Å². The summed E-state index contributed by atoms with van der Waals surface area (Å²) in [6, 6.07) is -0.0279. The molecule has 30 heavy (non-hydrogen) atoms. The third-order valence-corrected chi connectivity index (χ3v) is 8.68. The lowest BCUT2D eigenvalue weighted by molar-refractivity contribution is -0.160. The number of likely N-dealkylation sites (tertiary alicyclic amines) is 1. The van der Waals surface area contributed by atoms with E-state index in [2.05, 4.69) is 10.6 Å². The molecule has 0 radical (unpaired) electrons. The maximum atomic E-state index is 13.7. The number of amides is 3. The van der Waals surface area contributed by atoms with Crippen LogP contribution in [0.25, 0.3) is 0 Å². The van der Waals surface area contributed by atoms with Gasteiger partial charge in [0.1, 0.15) is 6.04 Å². The lowest BCUT2D eigenvalue weighted by atomic mass is 9.49. The molecule has 5 saturated carbocycles. The molecule has 6 aliphatic rings. The van der Waals surface area contributed by atoms with Crippen molar-refractivity contribution in [2.75, 3.05) is 13.1 Å². The molecule has 2 N–H and O–H groups in total. The second kappa shape index (κ2) is 8.16. The van der Waals surface area contributed by atoms with Gasteiger partial charge in [0.15, 0.2) is 0 Å². The van der Waals surface area contributed by atoms with Gasteiger partial charge in [-0.2, -0.15) is 0 Å². The number of hydrogen-bond acceptors (Lipinski definition) is 3. The van der Waals surface area contributed by atoms with Gasteiger partial charge in [0.2, 0.25) is 17.7 Å². The Balaban J connectivity index is 1.14. The fourth-order valence-corrected chi connectivity index (χ4v) is 7.75. The van der Waals surface area contributed by atoms with Gasteiger partial charge in [0.05, 0.1) is 5.41 Å². The third kappa shape index (κ3) is 3.87. The normalized spacial score (nSPS) is 37.5. The van der Waals surface area contributed by atoms with Crippen molar-refractivity contribution in [2.45, 2.75) is 95.6 Å². The Labute approximate surface area is 179 Å². The van der Waals surface area contributed by atoms with Crippen molar-refractivity contribution < 1.29 is 14.4 Å². The highest BCUT2D eigenvalue weighted by Crippen LogP contribution is 2.60. The number of hydrogen-bond donors (Lipinski definition) is 2. The summed E-state index contributed by atoms with van der Waals surface area (Å²) in [7, 11) is 0. The number of carbonyl (C=O) groups excluding carboxylic acids is 3. The summed E-state index contributed by atoms with van der Waals surface area (Å²) >= 11 is 0. The summed E-state index contributed by atoms with van der Waals surface area (Å²) in [6.45, 7) is 1.06. The molecule has 0 aromatic heterocycles. The molecule has 3 amide bonds. The Bertz CT molecular complexity index is 665. The van der Waals surface area contributed by atoms with E-state index < -0.39 is 0 Å². The van der Waals surface area contributed by atoms with E-state index in [1.807, 2.05) is 4.90 Å². The molecule has 1 atom stereocenters. The predicted molar refractivity (Wildman–Crippen MR) is 113 cm³/mol. The lowest BCUT2D eigenvalue weighted by Crippen LogP contribution is -2.57. The van der Waals surface area contributed by atoms with Gasteiger partial charge < -0.3 is 15.5 Å². The van der Waals surface area contributed by atoms with Gasteiger partial charge in [-0.15, -0.1) is 0 Å². The molecular weight excluding hydrogens is 378 g/mol. The molecule has 1 unspecified atom stereocenters. The maximum Gasteiger partial charge on any atom is 0.242 e. The van der Waals surface area contributed by atoms with Gasteiger partial charge in [-0.05, 0) is 82.0 Å². The third-order valence-electron chi connectivity index (χ3n) is 8.68. The van der Waals surface area contributed by atoms with Gasteiger partial charge >= 0.3 is 0 Å². The van der Waals surface area contributed by atoms with E-state index in [0.717, 1.165) is 62.7 Å². The van der Waals surface area contributed by atoms with Crippen molar-refractivity contribution in [1.29, 1.82) is 0 Å². The summed E-state index contributed by atoms with van der Waals surface area (Å²) in [4.78, 5) is 40.6. The smallest absolute Gasteiger partial charge is 0.242 e. The van der Waals surface area contributed by atoms with E-state index in [0.29, 0.717) is 25.6 Å². The van der Waals surface area contributed by atoms with E-state index in [-0.39, 0.29) is 29.2 Å². The zero-order valence-corrected chi connectivity index (χ0v) is 18.2. The molecule has 5 aliphatic carbocycles. The van der Waals surface area contributed by atoms with Gasteiger partial charge in [0, 0.05) is 25.6 Å². The largest absolute Gasteiger partial charge is 0.354 e. The van der Waals surface area contributed by atoms with Crippen LogP contribution in [0.3, 0.4) is 0 Å². The van der Waals surface area contributed by atoms with Crippen LogP contribution in [0.4, 0.5) is 0 Å². The first-order valence-corrected chi connectivity index (χ1v) is 12.4. The van der Waals surface area contributed by atoms with Crippen molar-refractivity contribution in [3.63, 3.8) is 0 Å². The molecule has 4 bridgehead atoms. The summed E-state index contributed by atoms with van der Waals surface area (Å²) in [5.41, 5.74) is -0.182. The Kier molecular flexibility index (Phi) is 5.53. The molecule has 1 saturated heterocycles. The van der Waals surface area contributed by atoms with Crippen molar-refractivity contribution in [3.05, 3.63) is 0 Å². The molecule has 6 nitrogen and oxygen atoms in total. The maximum absolute atomic E-state index is 13.7. The lowest BCUT2D eigenvalue weighted by Gasteiger charge is -2.56. The fourth-order valence-electron chi connectivity index (χ4n) is 7.75. The minimum atomic E-state index is -0.344. The van der Waals surface area contributed by atoms with Crippen molar-refractivity contribution >= 4 is 17.7 Å². The van der Waals surface area contributed by atoms with Gasteiger partial charge in [0.25, 0.3) is 0 Å². The van der Waals surface area contributed by atoms with Crippen LogP contribution < -0.4 is 10.6 Å². The van der Waals surface area contributed by atoms with Crippen LogP contribution in [-0.2, 0) is 14.4 Å². The number of nitrogens with one attached hydrogen (secondary N) is 2. The van der Waals surface area contributed by atoms with Crippen molar-refractivity contribution in [1.82, 2.24) is 15.5 Å². The highest BCUT2D eigenvalue weighted by atomic mass is 16.2. The Morgan fingerprint density at radius 3 is 2.13 bits per heavy atom. The highest BCUT2D eigenvalue weighted by Gasteiger charge is 2.56. The predicted octanol–water partition coefficient (Wildman–Crippen LogP) is 2.76. The van der Waals surface area contributed by atoms with E-state index in [4.69, 9.17) is 0 Å².